The van der Waals surface area contributed by atoms with Crippen LogP contribution in [0.4, 0.5) is 14.5 Å². The normalized spacial score (nSPS) is 16.5. The number of anilines is 1. The lowest BCUT2D eigenvalue weighted by Crippen LogP contribution is -2.48. The number of nitrogens with zero attached hydrogens (tertiary/aromatic N) is 1. The highest BCUT2D eigenvalue weighted by molar-refractivity contribution is 7.80. The van der Waals surface area contributed by atoms with E-state index in [1.54, 1.807) is 17.0 Å². The van der Waals surface area contributed by atoms with Crippen molar-refractivity contribution >= 4 is 29.0 Å². The number of halogens is 2. The molecule has 0 unspecified atom stereocenters. The van der Waals surface area contributed by atoms with E-state index in [-0.39, 0.29) is 16.2 Å². The summed E-state index contributed by atoms with van der Waals surface area (Å²) in [6, 6.07) is 9.48. The molecule has 0 saturated carbocycles. The van der Waals surface area contributed by atoms with Gasteiger partial charge in [-0.3, -0.25) is 4.90 Å². The summed E-state index contributed by atoms with van der Waals surface area (Å²) >= 11 is 5.56. The maximum atomic E-state index is 14.5. The number of methoxy groups -OCH3 is 2. The first-order chi connectivity index (χ1) is 13.9. The molecule has 1 heterocycles. The van der Waals surface area contributed by atoms with Crippen LogP contribution in [0.15, 0.2) is 53.7 Å². The Balaban J connectivity index is 2.24. The Bertz CT molecular complexity index is 994. The molecule has 2 aromatic rings. The van der Waals surface area contributed by atoms with Crippen LogP contribution in [0.25, 0.3) is 0 Å². The summed E-state index contributed by atoms with van der Waals surface area (Å²) in [5, 5.41) is 3.26. The molecule has 3 rings (SSSR count). The predicted molar refractivity (Wildman–Crippen MR) is 110 cm³/mol. The Hall–Kier alpha value is -3.00. The quantitative estimate of drug-likeness (QED) is 0.579. The molecule has 0 spiro atoms. The minimum atomic E-state index is -0.920. The van der Waals surface area contributed by atoms with Crippen molar-refractivity contribution < 1.29 is 23.0 Å². The molecule has 0 saturated heterocycles. The highest BCUT2D eigenvalue weighted by atomic mass is 32.1. The standard InChI is InChI=1S/C21H20F2N2O3S/c1-4-15-18(20(26)28-3)19(13-10-9-12(22)11-14(13)23)24-21(29)25(15)16-7-5-6-8-17(16)27-2/h5-11,19H,4H2,1-3H3,(H,24,29)/t19-/m1/s1. The van der Waals surface area contributed by atoms with Gasteiger partial charge in [-0.25, -0.2) is 13.6 Å². The van der Waals surface area contributed by atoms with Gasteiger partial charge in [-0.05, 0) is 36.8 Å². The number of carbonyl (C=O) groups is 1. The molecule has 8 heteroatoms. The summed E-state index contributed by atoms with van der Waals surface area (Å²) in [5.74, 6) is -1.57. The maximum absolute atomic E-state index is 14.5. The van der Waals surface area contributed by atoms with E-state index < -0.39 is 23.6 Å². The Morgan fingerprint density at radius 2 is 1.93 bits per heavy atom. The number of esters is 1. The van der Waals surface area contributed by atoms with E-state index >= 15 is 0 Å². The van der Waals surface area contributed by atoms with Crippen LogP contribution in [-0.4, -0.2) is 25.3 Å². The molecule has 1 atom stereocenters. The smallest absolute Gasteiger partial charge is 0.338 e. The zero-order valence-corrected chi connectivity index (χ0v) is 17.0. The van der Waals surface area contributed by atoms with Crippen molar-refractivity contribution in [3.8, 4) is 5.75 Å². The van der Waals surface area contributed by atoms with Crippen molar-refractivity contribution in [3.05, 3.63) is 70.9 Å². The zero-order valence-electron chi connectivity index (χ0n) is 16.2. The van der Waals surface area contributed by atoms with Crippen molar-refractivity contribution in [1.82, 2.24) is 5.32 Å². The van der Waals surface area contributed by atoms with Crippen molar-refractivity contribution in [2.24, 2.45) is 0 Å². The van der Waals surface area contributed by atoms with Crippen LogP contribution >= 0.6 is 12.2 Å². The molecule has 1 aliphatic rings. The van der Waals surface area contributed by atoms with Crippen LogP contribution in [0.5, 0.6) is 5.75 Å². The van der Waals surface area contributed by atoms with Crippen LogP contribution < -0.4 is 15.0 Å². The lowest BCUT2D eigenvalue weighted by Gasteiger charge is -2.38. The third-order valence-corrected chi connectivity index (χ3v) is 4.98. The summed E-state index contributed by atoms with van der Waals surface area (Å²) in [7, 11) is 2.79. The summed E-state index contributed by atoms with van der Waals surface area (Å²) < 4.78 is 38.4. The van der Waals surface area contributed by atoms with E-state index in [4.69, 9.17) is 21.7 Å². The summed E-state index contributed by atoms with van der Waals surface area (Å²) in [6.07, 6.45) is 0.406. The number of para-hydroxylation sites is 2. The second kappa shape index (κ2) is 8.57. The first-order valence-corrected chi connectivity index (χ1v) is 9.33. The van der Waals surface area contributed by atoms with Gasteiger partial charge in [0.05, 0.1) is 31.5 Å². The second-order valence-corrected chi connectivity index (χ2v) is 6.65. The van der Waals surface area contributed by atoms with Crippen LogP contribution in [-0.2, 0) is 9.53 Å². The van der Waals surface area contributed by atoms with Crippen LogP contribution in [0.1, 0.15) is 24.9 Å². The van der Waals surface area contributed by atoms with Crippen molar-refractivity contribution in [3.63, 3.8) is 0 Å². The van der Waals surface area contributed by atoms with Gasteiger partial charge >= 0.3 is 5.97 Å². The van der Waals surface area contributed by atoms with Crippen LogP contribution in [0.2, 0.25) is 0 Å². The number of allylic oxidation sites excluding steroid dienone is 1. The minimum Gasteiger partial charge on any atom is -0.495 e. The van der Waals surface area contributed by atoms with E-state index in [1.807, 2.05) is 19.1 Å². The molecule has 0 aromatic heterocycles. The van der Waals surface area contributed by atoms with Crippen LogP contribution in [0, 0.1) is 11.6 Å². The number of nitrogens with one attached hydrogen (secondary N) is 1. The largest absolute Gasteiger partial charge is 0.495 e. The molecular weight excluding hydrogens is 398 g/mol. The Morgan fingerprint density at radius 3 is 2.55 bits per heavy atom. The van der Waals surface area contributed by atoms with Gasteiger partial charge in [0, 0.05) is 17.3 Å². The molecular formula is C21H20F2N2O3S. The van der Waals surface area contributed by atoms with Gasteiger partial charge in [0.15, 0.2) is 5.11 Å². The molecule has 0 amide bonds. The zero-order chi connectivity index (χ0) is 21.1. The Morgan fingerprint density at radius 1 is 1.21 bits per heavy atom. The van der Waals surface area contributed by atoms with Crippen LogP contribution in [0.3, 0.4) is 0 Å². The van der Waals surface area contributed by atoms with Crippen molar-refractivity contribution in [1.29, 1.82) is 0 Å². The fourth-order valence-corrected chi connectivity index (χ4v) is 3.73. The summed E-state index contributed by atoms with van der Waals surface area (Å²) in [5.41, 5.74) is 1.46. The topological polar surface area (TPSA) is 50.8 Å². The fraction of sp³-hybridized carbons (Fsp3) is 0.238. The van der Waals surface area contributed by atoms with E-state index in [1.165, 1.54) is 20.3 Å². The van der Waals surface area contributed by atoms with E-state index in [0.29, 0.717) is 23.6 Å². The molecule has 1 N–H and O–H groups in total. The van der Waals surface area contributed by atoms with E-state index in [9.17, 15) is 13.6 Å². The summed E-state index contributed by atoms with van der Waals surface area (Å²) in [6.45, 7) is 1.85. The van der Waals surface area contributed by atoms with Gasteiger partial charge in [0.1, 0.15) is 17.4 Å². The lowest BCUT2D eigenvalue weighted by molar-refractivity contribution is -0.136. The second-order valence-electron chi connectivity index (χ2n) is 6.26. The number of hydrogen-bond acceptors (Lipinski definition) is 4. The minimum absolute atomic E-state index is 0.0970. The number of hydrogen-bond donors (Lipinski definition) is 1. The molecule has 0 aliphatic carbocycles. The van der Waals surface area contributed by atoms with Crippen molar-refractivity contribution in [2.45, 2.75) is 19.4 Å². The van der Waals surface area contributed by atoms with Gasteiger partial charge in [-0.15, -0.1) is 0 Å². The van der Waals surface area contributed by atoms with Gasteiger partial charge in [-0.2, -0.15) is 0 Å². The fourth-order valence-electron chi connectivity index (χ4n) is 3.40. The molecule has 152 valence electrons. The first-order valence-electron chi connectivity index (χ1n) is 8.92. The van der Waals surface area contributed by atoms with Gasteiger partial charge < -0.3 is 14.8 Å². The highest BCUT2D eigenvalue weighted by Gasteiger charge is 2.38. The molecule has 5 nitrogen and oxygen atoms in total. The average molecular weight is 418 g/mol. The summed E-state index contributed by atoms with van der Waals surface area (Å²) in [4.78, 5) is 14.4. The van der Waals surface area contributed by atoms with Gasteiger partial charge in [-0.1, -0.05) is 25.1 Å². The predicted octanol–water partition coefficient (Wildman–Crippen LogP) is 4.25. The molecule has 29 heavy (non-hydrogen) atoms. The number of ether oxygens (including phenoxy) is 2. The molecule has 1 aliphatic heterocycles. The molecule has 0 bridgehead atoms. The Labute approximate surface area is 172 Å². The lowest BCUT2D eigenvalue weighted by atomic mass is 9.93. The molecule has 2 aromatic carbocycles. The van der Waals surface area contributed by atoms with Gasteiger partial charge in [0.2, 0.25) is 0 Å². The highest BCUT2D eigenvalue weighted by Crippen LogP contribution is 2.39. The van der Waals surface area contributed by atoms with Gasteiger partial charge in [0.25, 0.3) is 0 Å². The third kappa shape index (κ3) is 3.80. The number of benzene rings is 2. The van der Waals surface area contributed by atoms with Crippen molar-refractivity contribution in [2.75, 3.05) is 19.1 Å². The Kier molecular flexibility index (Phi) is 6.12. The third-order valence-electron chi connectivity index (χ3n) is 4.68. The molecule has 0 fully saturated rings. The van der Waals surface area contributed by atoms with E-state index in [2.05, 4.69) is 5.32 Å². The SMILES string of the molecule is CCC1=C(C(=O)OC)[C@@H](c2ccc(F)cc2F)NC(=S)N1c1ccccc1OC. The maximum Gasteiger partial charge on any atom is 0.338 e. The first kappa shape index (κ1) is 20.7. The number of thiocarbonyl (C=S) groups is 1. The van der Waals surface area contributed by atoms with E-state index in [0.717, 1.165) is 12.1 Å². The monoisotopic (exact) mass is 418 g/mol. The number of carbonyl (C=O) groups excluding carboxylic acids is 1. The average Bonchev–Trinajstić information content (AvgIpc) is 2.72. The molecule has 0 radical (unpaired) electrons. The number of rotatable bonds is 5.